The molecule has 0 aliphatic carbocycles. The molecule has 0 atom stereocenters. The Balaban J connectivity index is 2.27. The van der Waals surface area contributed by atoms with Crippen molar-refractivity contribution in [1.29, 1.82) is 0 Å². The minimum Gasteiger partial charge on any atom is -0.497 e. The summed E-state index contributed by atoms with van der Waals surface area (Å²) in [6, 6.07) is 7.53. The topological polar surface area (TPSA) is 39.2 Å². The van der Waals surface area contributed by atoms with Gasteiger partial charge in [-0.1, -0.05) is 0 Å². The third-order valence-corrected chi connectivity index (χ3v) is 3.38. The third kappa shape index (κ3) is 2.65. The molecule has 1 aromatic carbocycles. The SMILES string of the molecule is COc1ccc(-c2csc(C(=O)CCl)n2)cc1. The molecule has 0 radical (unpaired) electrons. The number of aromatic nitrogens is 1. The number of carbonyl (C=O) groups is 1. The van der Waals surface area contributed by atoms with E-state index in [4.69, 9.17) is 16.3 Å². The molecule has 0 saturated heterocycles. The summed E-state index contributed by atoms with van der Waals surface area (Å²) in [4.78, 5) is 15.6. The van der Waals surface area contributed by atoms with Crippen LogP contribution in [0.4, 0.5) is 0 Å². The lowest BCUT2D eigenvalue weighted by Gasteiger charge is -2.00. The van der Waals surface area contributed by atoms with Crippen molar-refractivity contribution >= 4 is 28.7 Å². The second-order valence-corrected chi connectivity index (χ2v) is 4.45. The Morgan fingerprint density at radius 3 is 2.71 bits per heavy atom. The van der Waals surface area contributed by atoms with E-state index in [0.717, 1.165) is 17.0 Å². The highest BCUT2D eigenvalue weighted by atomic mass is 35.5. The molecule has 1 aromatic heterocycles. The van der Waals surface area contributed by atoms with Crippen LogP contribution in [0.5, 0.6) is 5.75 Å². The molecule has 88 valence electrons. The molecule has 17 heavy (non-hydrogen) atoms. The first kappa shape index (κ1) is 12.1. The monoisotopic (exact) mass is 267 g/mol. The predicted molar refractivity (Wildman–Crippen MR) is 69.2 cm³/mol. The summed E-state index contributed by atoms with van der Waals surface area (Å²) in [5.41, 5.74) is 1.74. The van der Waals surface area contributed by atoms with Crippen molar-refractivity contribution in [3.63, 3.8) is 0 Å². The van der Waals surface area contributed by atoms with Crippen LogP contribution in [0.3, 0.4) is 0 Å². The number of rotatable bonds is 4. The van der Waals surface area contributed by atoms with Crippen molar-refractivity contribution in [2.24, 2.45) is 0 Å². The van der Waals surface area contributed by atoms with E-state index in [1.165, 1.54) is 11.3 Å². The zero-order valence-electron chi connectivity index (χ0n) is 9.14. The summed E-state index contributed by atoms with van der Waals surface area (Å²) in [5, 5.41) is 2.30. The molecule has 0 amide bonds. The van der Waals surface area contributed by atoms with Crippen LogP contribution in [0, 0.1) is 0 Å². The van der Waals surface area contributed by atoms with E-state index in [9.17, 15) is 4.79 Å². The number of Topliss-reactive ketones (excluding diaryl/α,β-unsaturated/α-hetero) is 1. The number of nitrogens with zero attached hydrogens (tertiary/aromatic N) is 1. The van der Waals surface area contributed by atoms with Gasteiger partial charge < -0.3 is 4.74 Å². The molecule has 0 aliphatic heterocycles. The van der Waals surface area contributed by atoms with Crippen molar-refractivity contribution in [3.8, 4) is 17.0 Å². The minimum atomic E-state index is -0.142. The first-order valence-corrected chi connectivity index (χ1v) is 6.35. The van der Waals surface area contributed by atoms with E-state index in [0.29, 0.717) is 5.01 Å². The number of methoxy groups -OCH3 is 1. The lowest BCUT2D eigenvalue weighted by atomic mass is 10.2. The number of ketones is 1. The zero-order valence-corrected chi connectivity index (χ0v) is 10.7. The van der Waals surface area contributed by atoms with Gasteiger partial charge in [0.15, 0.2) is 5.01 Å². The summed E-state index contributed by atoms with van der Waals surface area (Å²) in [6.07, 6.45) is 0. The molecule has 0 unspecified atom stereocenters. The van der Waals surface area contributed by atoms with Crippen molar-refractivity contribution in [2.45, 2.75) is 0 Å². The quantitative estimate of drug-likeness (QED) is 0.631. The Bertz CT molecular complexity index is 522. The van der Waals surface area contributed by atoms with E-state index >= 15 is 0 Å². The van der Waals surface area contributed by atoms with Crippen molar-refractivity contribution in [1.82, 2.24) is 4.98 Å². The van der Waals surface area contributed by atoms with Gasteiger partial charge in [-0.3, -0.25) is 4.79 Å². The Morgan fingerprint density at radius 1 is 1.41 bits per heavy atom. The molecule has 0 aliphatic rings. The molecule has 1 heterocycles. The maximum absolute atomic E-state index is 11.4. The molecule has 3 nitrogen and oxygen atoms in total. The number of hydrogen-bond donors (Lipinski definition) is 0. The number of halogens is 1. The van der Waals surface area contributed by atoms with Gasteiger partial charge in [0.2, 0.25) is 5.78 Å². The van der Waals surface area contributed by atoms with E-state index in [1.807, 2.05) is 29.6 Å². The van der Waals surface area contributed by atoms with Crippen LogP contribution in [-0.4, -0.2) is 23.8 Å². The standard InChI is InChI=1S/C12H10ClNO2S/c1-16-9-4-2-8(3-5-9)10-7-17-12(14-10)11(15)6-13/h2-5,7H,6H2,1H3. The second-order valence-electron chi connectivity index (χ2n) is 3.32. The average Bonchev–Trinajstić information content (AvgIpc) is 2.87. The molecule has 2 aromatic rings. The fraction of sp³-hybridized carbons (Fsp3) is 0.167. The summed E-state index contributed by atoms with van der Waals surface area (Å²) in [6.45, 7) is 0. The van der Waals surface area contributed by atoms with E-state index in [1.54, 1.807) is 7.11 Å². The summed E-state index contributed by atoms with van der Waals surface area (Å²) >= 11 is 6.79. The van der Waals surface area contributed by atoms with Crippen LogP contribution in [0.25, 0.3) is 11.3 Å². The van der Waals surface area contributed by atoms with E-state index < -0.39 is 0 Å². The Hall–Kier alpha value is -1.39. The second kappa shape index (κ2) is 5.29. The number of alkyl halides is 1. The summed E-state index contributed by atoms with van der Waals surface area (Å²) in [5.74, 6) is 0.618. The van der Waals surface area contributed by atoms with Gasteiger partial charge >= 0.3 is 0 Å². The van der Waals surface area contributed by atoms with Crippen LogP contribution in [0.2, 0.25) is 0 Å². The summed E-state index contributed by atoms with van der Waals surface area (Å²) in [7, 11) is 1.62. The first-order valence-electron chi connectivity index (χ1n) is 4.93. The van der Waals surface area contributed by atoms with Crippen molar-refractivity contribution in [2.75, 3.05) is 13.0 Å². The van der Waals surface area contributed by atoms with Gasteiger partial charge in [0.1, 0.15) is 5.75 Å². The lowest BCUT2D eigenvalue weighted by molar-refractivity contribution is 0.102. The molecule has 0 N–H and O–H groups in total. The molecule has 0 bridgehead atoms. The molecule has 5 heteroatoms. The number of ether oxygens (including phenoxy) is 1. The fourth-order valence-electron chi connectivity index (χ4n) is 1.35. The number of carbonyl (C=O) groups excluding carboxylic acids is 1. The first-order chi connectivity index (χ1) is 8.24. The van der Waals surface area contributed by atoms with E-state index in [-0.39, 0.29) is 11.7 Å². The van der Waals surface area contributed by atoms with Crippen LogP contribution >= 0.6 is 22.9 Å². The van der Waals surface area contributed by atoms with Gasteiger partial charge in [-0.2, -0.15) is 0 Å². The van der Waals surface area contributed by atoms with Gasteiger partial charge in [0, 0.05) is 10.9 Å². The van der Waals surface area contributed by atoms with Crippen molar-refractivity contribution < 1.29 is 9.53 Å². The van der Waals surface area contributed by atoms with Gasteiger partial charge in [0.05, 0.1) is 18.7 Å². The number of thiazole rings is 1. The van der Waals surface area contributed by atoms with E-state index in [2.05, 4.69) is 4.98 Å². The molecule has 0 fully saturated rings. The average molecular weight is 268 g/mol. The zero-order chi connectivity index (χ0) is 12.3. The number of benzene rings is 1. The Morgan fingerprint density at radius 2 is 2.12 bits per heavy atom. The van der Waals surface area contributed by atoms with Crippen LogP contribution in [0.15, 0.2) is 29.6 Å². The maximum atomic E-state index is 11.4. The smallest absolute Gasteiger partial charge is 0.206 e. The molecular weight excluding hydrogens is 258 g/mol. The van der Waals surface area contributed by atoms with Crippen LogP contribution < -0.4 is 4.74 Å². The predicted octanol–water partition coefficient (Wildman–Crippen LogP) is 3.24. The van der Waals surface area contributed by atoms with Gasteiger partial charge in [0.25, 0.3) is 0 Å². The molecule has 2 rings (SSSR count). The minimum absolute atomic E-state index is 0.0322. The van der Waals surface area contributed by atoms with Gasteiger partial charge in [-0.05, 0) is 24.3 Å². The normalized spacial score (nSPS) is 10.2. The fourth-order valence-corrected chi connectivity index (χ4v) is 2.33. The highest BCUT2D eigenvalue weighted by molar-refractivity contribution is 7.12. The maximum Gasteiger partial charge on any atom is 0.206 e. The largest absolute Gasteiger partial charge is 0.497 e. The van der Waals surface area contributed by atoms with Crippen LogP contribution in [-0.2, 0) is 0 Å². The lowest BCUT2D eigenvalue weighted by Crippen LogP contribution is -1.98. The Labute approximate surface area is 108 Å². The van der Waals surface area contributed by atoms with Gasteiger partial charge in [-0.15, -0.1) is 22.9 Å². The van der Waals surface area contributed by atoms with Crippen LogP contribution in [0.1, 0.15) is 9.80 Å². The summed E-state index contributed by atoms with van der Waals surface area (Å²) < 4.78 is 5.08. The molecular formula is C12H10ClNO2S. The van der Waals surface area contributed by atoms with Gasteiger partial charge in [-0.25, -0.2) is 4.98 Å². The highest BCUT2D eigenvalue weighted by Crippen LogP contribution is 2.24. The Kier molecular flexibility index (Phi) is 3.76. The molecule has 0 spiro atoms. The third-order valence-electron chi connectivity index (χ3n) is 2.25. The molecule has 0 saturated carbocycles. The highest BCUT2D eigenvalue weighted by Gasteiger charge is 2.10. The number of hydrogen-bond acceptors (Lipinski definition) is 4. The van der Waals surface area contributed by atoms with Crippen molar-refractivity contribution in [3.05, 3.63) is 34.7 Å².